The van der Waals surface area contributed by atoms with Crippen LogP contribution in [0.15, 0.2) is 29.3 Å². The first-order valence-electron chi connectivity index (χ1n) is 6.95. The number of hydrogen-bond donors (Lipinski definition) is 1. The normalized spacial score (nSPS) is 16.2. The molecule has 112 valence electrons. The van der Waals surface area contributed by atoms with Gasteiger partial charge < -0.3 is 9.84 Å². The summed E-state index contributed by atoms with van der Waals surface area (Å²) in [6.07, 6.45) is 3.79. The van der Waals surface area contributed by atoms with Gasteiger partial charge in [-0.2, -0.15) is 4.99 Å². The van der Waals surface area contributed by atoms with Crippen LogP contribution in [0.1, 0.15) is 24.4 Å². The third kappa shape index (κ3) is 4.41. The summed E-state index contributed by atoms with van der Waals surface area (Å²) >= 11 is 0. The summed E-state index contributed by atoms with van der Waals surface area (Å²) in [4.78, 5) is 26.9. The summed E-state index contributed by atoms with van der Waals surface area (Å²) in [6, 6.07) is 5.38. The molecule has 1 heterocycles. The molecule has 0 radical (unpaired) electrons. The lowest BCUT2D eigenvalue weighted by Gasteiger charge is -2.15. The fourth-order valence-electron chi connectivity index (χ4n) is 2.37. The number of ether oxygens (including phenoxy) is 1. The van der Waals surface area contributed by atoms with Gasteiger partial charge in [-0.05, 0) is 43.6 Å². The minimum atomic E-state index is -1.21. The predicted octanol–water partition coefficient (Wildman–Crippen LogP) is 1.62. The number of hydrogen-bond acceptors (Lipinski definition) is 5. The monoisotopic (exact) mass is 290 g/mol. The lowest BCUT2D eigenvalue weighted by Crippen LogP contribution is -2.25. The van der Waals surface area contributed by atoms with E-state index in [1.54, 1.807) is 24.3 Å². The third-order valence-electron chi connectivity index (χ3n) is 3.49. The van der Waals surface area contributed by atoms with Crippen molar-refractivity contribution in [1.29, 1.82) is 0 Å². The molecule has 0 saturated carbocycles. The van der Waals surface area contributed by atoms with E-state index < -0.39 is 12.0 Å². The molecule has 0 amide bonds. The van der Waals surface area contributed by atoms with Gasteiger partial charge in [0.1, 0.15) is 12.4 Å². The van der Waals surface area contributed by atoms with Gasteiger partial charge in [0.25, 0.3) is 0 Å². The van der Waals surface area contributed by atoms with Gasteiger partial charge in [0.2, 0.25) is 6.08 Å². The van der Waals surface area contributed by atoms with Crippen LogP contribution in [0.2, 0.25) is 0 Å². The van der Waals surface area contributed by atoms with Crippen LogP contribution in [0.3, 0.4) is 0 Å². The van der Waals surface area contributed by atoms with Crippen molar-refractivity contribution in [3.05, 3.63) is 29.8 Å². The van der Waals surface area contributed by atoms with Gasteiger partial charge >= 0.3 is 5.97 Å². The van der Waals surface area contributed by atoms with Crippen molar-refractivity contribution in [2.45, 2.75) is 18.9 Å². The van der Waals surface area contributed by atoms with E-state index in [0.717, 1.165) is 19.6 Å². The molecular formula is C15H18N2O4. The van der Waals surface area contributed by atoms with Crippen molar-refractivity contribution in [1.82, 2.24) is 4.90 Å². The fraction of sp³-hybridized carbons (Fsp3) is 0.467. The van der Waals surface area contributed by atoms with Crippen LogP contribution in [0, 0.1) is 0 Å². The molecule has 21 heavy (non-hydrogen) atoms. The summed E-state index contributed by atoms with van der Waals surface area (Å²) in [5.74, 6) is -0.502. The van der Waals surface area contributed by atoms with Crippen LogP contribution in [-0.4, -0.2) is 48.3 Å². The van der Waals surface area contributed by atoms with Crippen LogP contribution in [0.5, 0.6) is 5.75 Å². The first kappa shape index (κ1) is 15.2. The van der Waals surface area contributed by atoms with E-state index >= 15 is 0 Å². The molecular weight excluding hydrogens is 272 g/mol. The van der Waals surface area contributed by atoms with Crippen molar-refractivity contribution in [2.75, 3.05) is 26.2 Å². The Labute approximate surface area is 123 Å². The van der Waals surface area contributed by atoms with E-state index in [4.69, 9.17) is 9.84 Å². The maximum Gasteiger partial charge on any atom is 0.334 e. The van der Waals surface area contributed by atoms with Crippen molar-refractivity contribution in [3.63, 3.8) is 0 Å². The number of nitrogens with zero attached hydrogens (tertiary/aromatic N) is 2. The number of rotatable bonds is 7. The Kier molecular flexibility index (Phi) is 5.49. The SMILES string of the molecule is O=C=NC(C(=O)O)c1ccc(OCCN2CCCC2)cc1. The molecule has 1 aromatic carbocycles. The van der Waals surface area contributed by atoms with Crippen LogP contribution >= 0.6 is 0 Å². The Morgan fingerprint density at radius 3 is 2.57 bits per heavy atom. The van der Waals surface area contributed by atoms with Gasteiger partial charge in [-0.15, -0.1) is 0 Å². The highest BCUT2D eigenvalue weighted by molar-refractivity contribution is 5.76. The largest absolute Gasteiger partial charge is 0.492 e. The molecule has 1 aliphatic rings. The fourth-order valence-corrected chi connectivity index (χ4v) is 2.37. The Morgan fingerprint density at radius 2 is 2.00 bits per heavy atom. The smallest absolute Gasteiger partial charge is 0.334 e. The van der Waals surface area contributed by atoms with Crippen LogP contribution in [-0.2, 0) is 9.59 Å². The standard InChI is InChI=1S/C15H18N2O4/c18-11-16-14(15(19)20)12-3-5-13(6-4-12)21-10-9-17-7-1-2-8-17/h3-6,14H,1-2,7-10H2,(H,19,20). The molecule has 1 unspecified atom stereocenters. The van der Waals surface area contributed by atoms with Gasteiger partial charge in [-0.3, -0.25) is 4.90 Å². The highest BCUT2D eigenvalue weighted by Gasteiger charge is 2.18. The summed E-state index contributed by atoms with van der Waals surface area (Å²) in [7, 11) is 0. The summed E-state index contributed by atoms with van der Waals surface area (Å²) in [5.41, 5.74) is 0.428. The minimum Gasteiger partial charge on any atom is -0.492 e. The first-order valence-corrected chi connectivity index (χ1v) is 6.95. The number of isocyanates is 1. The zero-order valence-electron chi connectivity index (χ0n) is 11.7. The van der Waals surface area contributed by atoms with E-state index in [0.29, 0.717) is 17.9 Å². The lowest BCUT2D eigenvalue weighted by atomic mass is 10.1. The van der Waals surface area contributed by atoms with Crippen molar-refractivity contribution >= 4 is 12.0 Å². The number of likely N-dealkylation sites (tertiary alicyclic amines) is 1. The van der Waals surface area contributed by atoms with Gasteiger partial charge in [-0.25, -0.2) is 9.59 Å². The van der Waals surface area contributed by atoms with Crippen LogP contribution in [0.4, 0.5) is 0 Å². The number of carboxylic acid groups (broad SMARTS) is 1. The zero-order chi connectivity index (χ0) is 15.1. The van der Waals surface area contributed by atoms with Crippen molar-refractivity contribution in [2.24, 2.45) is 4.99 Å². The molecule has 6 nitrogen and oxygen atoms in total. The number of benzene rings is 1. The van der Waals surface area contributed by atoms with Gasteiger partial charge in [-0.1, -0.05) is 12.1 Å². The van der Waals surface area contributed by atoms with Crippen molar-refractivity contribution in [3.8, 4) is 5.75 Å². The third-order valence-corrected chi connectivity index (χ3v) is 3.49. The molecule has 0 aliphatic carbocycles. The van der Waals surface area contributed by atoms with E-state index in [9.17, 15) is 9.59 Å². The van der Waals surface area contributed by atoms with Gasteiger partial charge in [0.15, 0.2) is 6.04 Å². The quantitative estimate of drug-likeness (QED) is 0.610. The summed E-state index contributed by atoms with van der Waals surface area (Å²) in [6.45, 7) is 3.77. The van der Waals surface area contributed by atoms with E-state index in [-0.39, 0.29) is 0 Å². The highest BCUT2D eigenvalue weighted by atomic mass is 16.5. The van der Waals surface area contributed by atoms with E-state index in [1.165, 1.54) is 18.9 Å². The molecule has 6 heteroatoms. The molecule has 0 bridgehead atoms. The Bertz CT molecular complexity index is 515. The molecule has 2 rings (SSSR count). The topological polar surface area (TPSA) is 79.2 Å². The average molecular weight is 290 g/mol. The molecule has 1 saturated heterocycles. The number of aliphatic imine (C=N–C) groups is 1. The number of carbonyl (C=O) groups excluding carboxylic acids is 1. The Hall–Kier alpha value is -2.17. The first-order chi connectivity index (χ1) is 10.2. The Morgan fingerprint density at radius 1 is 1.33 bits per heavy atom. The van der Waals surface area contributed by atoms with Gasteiger partial charge in [0.05, 0.1) is 0 Å². The maximum absolute atomic E-state index is 11.0. The van der Waals surface area contributed by atoms with Crippen molar-refractivity contribution < 1.29 is 19.4 Å². The average Bonchev–Trinajstić information content (AvgIpc) is 2.99. The molecule has 1 aliphatic heterocycles. The lowest BCUT2D eigenvalue weighted by molar-refractivity contribution is -0.138. The highest BCUT2D eigenvalue weighted by Crippen LogP contribution is 2.21. The van der Waals surface area contributed by atoms with Crippen LogP contribution < -0.4 is 4.74 Å². The second kappa shape index (κ2) is 7.57. The minimum absolute atomic E-state index is 0.428. The molecule has 1 fully saturated rings. The Balaban J connectivity index is 1.88. The number of aliphatic carboxylic acids is 1. The predicted molar refractivity (Wildman–Crippen MR) is 76.1 cm³/mol. The molecule has 1 atom stereocenters. The summed E-state index contributed by atoms with van der Waals surface area (Å²) < 4.78 is 5.63. The van der Waals surface area contributed by atoms with E-state index in [1.807, 2.05) is 0 Å². The van der Waals surface area contributed by atoms with Crippen LogP contribution in [0.25, 0.3) is 0 Å². The molecule has 1 N–H and O–H groups in total. The zero-order valence-corrected chi connectivity index (χ0v) is 11.7. The maximum atomic E-state index is 11.0. The molecule has 1 aromatic rings. The second-order valence-corrected chi connectivity index (χ2v) is 4.93. The number of carbonyl (C=O) groups is 1. The molecule has 0 spiro atoms. The molecule has 0 aromatic heterocycles. The second-order valence-electron chi connectivity index (χ2n) is 4.93. The number of carboxylic acids is 1. The van der Waals surface area contributed by atoms with Gasteiger partial charge in [0, 0.05) is 6.54 Å². The van der Waals surface area contributed by atoms with E-state index in [2.05, 4.69) is 9.89 Å². The summed E-state index contributed by atoms with van der Waals surface area (Å²) in [5, 5.41) is 8.98.